The molecule has 0 saturated carbocycles. The summed E-state index contributed by atoms with van der Waals surface area (Å²) >= 11 is 0. The Kier molecular flexibility index (Phi) is 2.93. The maximum absolute atomic E-state index is 9.36. The Morgan fingerprint density at radius 2 is 1.88 bits per heavy atom. The zero-order chi connectivity index (χ0) is 11.5. The van der Waals surface area contributed by atoms with Crippen molar-refractivity contribution in [3.63, 3.8) is 0 Å². The van der Waals surface area contributed by atoms with Gasteiger partial charge in [-0.25, -0.2) is 0 Å². The third-order valence-electron chi connectivity index (χ3n) is 2.70. The van der Waals surface area contributed by atoms with Gasteiger partial charge in [0.25, 0.3) is 0 Å². The second-order valence-corrected chi connectivity index (χ2v) is 3.92. The lowest BCUT2D eigenvalue weighted by molar-refractivity contribution is 0.476. The van der Waals surface area contributed by atoms with Crippen molar-refractivity contribution >= 4 is 10.8 Å². The summed E-state index contributed by atoms with van der Waals surface area (Å²) in [4.78, 5) is 0. The summed E-state index contributed by atoms with van der Waals surface area (Å²) in [6.07, 6.45) is 2.59. The Morgan fingerprint density at radius 3 is 2.62 bits per heavy atom. The van der Waals surface area contributed by atoms with Gasteiger partial charge in [-0.2, -0.15) is 0 Å². The Bertz CT molecular complexity index is 519. The van der Waals surface area contributed by atoms with Gasteiger partial charge in [-0.15, -0.1) is 6.58 Å². The highest BCUT2D eigenvalue weighted by Crippen LogP contribution is 2.24. The average Bonchev–Trinajstić information content (AvgIpc) is 2.28. The van der Waals surface area contributed by atoms with Gasteiger partial charge in [0.05, 0.1) is 0 Å². The molecule has 0 aliphatic heterocycles. The topological polar surface area (TPSA) is 46.2 Å². The SMILES string of the molecule is C=CCC(N)c1ccc2cc(O)ccc2c1. The number of phenols is 1. The highest BCUT2D eigenvalue weighted by molar-refractivity contribution is 5.84. The molecule has 2 heteroatoms. The van der Waals surface area contributed by atoms with E-state index < -0.39 is 0 Å². The zero-order valence-electron chi connectivity index (χ0n) is 9.06. The Morgan fingerprint density at radius 1 is 1.19 bits per heavy atom. The molecule has 0 saturated heterocycles. The highest BCUT2D eigenvalue weighted by atomic mass is 16.3. The minimum atomic E-state index is -0.00398. The third-order valence-corrected chi connectivity index (χ3v) is 2.70. The second kappa shape index (κ2) is 4.37. The molecule has 3 N–H and O–H groups in total. The van der Waals surface area contributed by atoms with Crippen LogP contribution >= 0.6 is 0 Å². The van der Waals surface area contributed by atoms with Gasteiger partial charge in [-0.3, -0.25) is 0 Å². The van der Waals surface area contributed by atoms with Crippen LogP contribution in [0.2, 0.25) is 0 Å². The Balaban J connectivity index is 2.44. The van der Waals surface area contributed by atoms with Gasteiger partial charge < -0.3 is 10.8 Å². The van der Waals surface area contributed by atoms with Crippen LogP contribution in [0, 0.1) is 0 Å². The summed E-state index contributed by atoms with van der Waals surface area (Å²) in [6.45, 7) is 3.69. The Hall–Kier alpha value is -1.80. The minimum Gasteiger partial charge on any atom is -0.508 e. The molecule has 0 bridgehead atoms. The monoisotopic (exact) mass is 213 g/mol. The normalized spacial score (nSPS) is 12.6. The first-order valence-corrected chi connectivity index (χ1v) is 5.30. The first-order valence-electron chi connectivity index (χ1n) is 5.30. The average molecular weight is 213 g/mol. The van der Waals surface area contributed by atoms with Gasteiger partial charge in [0.15, 0.2) is 0 Å². The van der Waals surface area contributed by atoms with E-state index in [1.807, 2.05) is 24.3 Å². The molecule has 0 spiro atoms. The van der Waals surface area contributed by atoms with Gasteiger partial charge in [0.1, 0.15) is 5.75 Å². The quantitative estimate of drug-likeness (QED) is 0.769. The van der Waals surface area contributed by atoms with Crippen LogP contribution in [-0.2, 0) is 0 Å². The van der Waals surface area contributed by atoms with E-state index in [0.717, 1.165) is 22.8 Å². The number of aromatic hydroxyl groups is 1. The molecule has 82 valence electrons. The zero-order valence-corrected chi connectivity index (χ0v) is 9.06. The summed E-state index contributed by atoms with van der Waals surface area (Å²) < 4.78 is 0. The van der Waals surface area contributed by atoms with Crippen LogP contribution in [0.15, 0.2) is 49.1 Å². The van der Waals surface area contributed by atoms with Crippen molar-refractivity contribution in [2.75, 3.05) is 0 Å². The van der Waals surface area contributed by atoms with E-state index in [1.165, 1.54) is 0 Å². The molecule has 16 heavy (non-hydrogen) atoms. The minimum absolute atomic E-state index is 0.00398. The van der Waals surface area contributed by atoms with Crippen molar-refractivity contribution in [1.29, 1.82) is 0 Å². The van der Waals surface area contributed by atoms with Crippen molar-refractivity contribution in [1.82, 2.24) is 0 Å². The molecule has 1 atom stereocenters. The van der Waals surface area contributed by atoms with Crippen LogP contribution in [0.25, 0.3) is 10.8 Å². The van der Waals surface area contributed by atoms with E-state index in [-0.39, 0.29) is 11.8 Å². The van der Waals surface area contributed by atoms with Crippen molar-refractivity contribution in [3.05, 3.63) is 54.6 Å². The lowest BCUT2D eigenvalue weighted by atomic mass is 10.0. The molecule has 0 radical (unpaired) electrons. The third kappa shape index (κ3) is 2.07. The smallest absolute Gasteiger partial charge is 0.116 e. The number of hydrogen-bond donors (Lipinski definition) is 2. The van der Waals surface area contributed by atoms with Crippen LogP contribution in [0.3, 0.4) is 0 Å². The largest absolute Gasteiger partial charge is 0.508 e. The van der Waals surface area contributed by atoms with Crippen molar-refractivity contribution in [3.8, 4) is 5.75 Å². The summed E-state index contributed by atoms with van der Waals surface area (Å²) in [5.41, 5.74) is 7.10. The molecule has 0 amide bonds. The van der Waals surface area contributed by atoms with Gasteiger partial charge in [-0.1, -0.05) is 24.3 Å². The molecule has 0 fully saturated rings. The number of nitrogens with two attached hydrogens (primary N) is 1. The number of rotatable bonds is 3. The standard InChI is InChI=1S/C14H15NO/c1-2-3-14(15)12-5-4-11-9-13(16)7-6-10(11)8-12/h2,4-9,14,16H,1,3,15H2. The lowest BCUT2D eigenvalue weighted by Gasteiger charge is -2.10. The van der Waals surface area contributed by atoms with Gasteiger partial charge in [0, 0.05) is 6.04 Å². The summed E-state index contributed by atoms with van der Waals surface area (Å²) in [5.74, 6) is 0.288. The van der Waals surface area contributed by atoms with Crippen LogP contribution in [0.5, 0.6) is 5.75 Å². The van der Waals surface area contributed by atoms with E-state index in [9.17, 15) is 5.11 Å². The fourth-order valence-corrected chi connectivity index (χ4v) is 1.80. The van der Waals surface area contributed by atoms with E-state index >= 15 is 0 Å². The summed E-state index contributed by atoms with van der Waals surface area (Å²) in [5, 5.41) is 11.5. The van der Waals surface area contributed by atoms with Crippen LogP contribution in [0.4, 0.5) is 0 Å². The van der Waals surface area contributed by atoms with Crippen molar-refractivity contribution in [2.45, 2.75) is 12.5 Å². The number of benzene rings is 2. The van der Waals surface area contributed by atoms with E-state index in [4.69, 9.17) is 5.73 Å². The number of hydrogen-bond acceptors (Lipinski definition) is 2. The summed E-state index contributed by atoms with van der Waals surface area (Å²) in [6, 6.07) is 11.4. The van der Waals surface area contributed by atoms with Gasteiger partial charge in [-0.05, 0) is 41.0 Å². The second-order valence-electron chi connectivity index (χ2n) is 3.92. The fourth-order valence-electron chi connectivity index (χ4n) is 1.80. The molecule has 0 aromatic heterocycles. The molecule has 2 aromatic carbocycles. The fraction of sp³-hybridized carbons (Fsp3) is 0.143. The number of phenolic OH excluding ortho intramolecular Hbond substituents is 1. The first kappa shape index (κ1) is 10.7. The lowest BCUT2D eigenvalue weighted by Crippen LogP contribution is -2.08. The van der Waals surface area contributed by atoms with Crippen LogP contribution < -0.4 is 5.73 Å². The molecule has 0 heterocycles. The molecule has 1 unspecified atom stereocenters. The van der Waals surface area contributed by atoms with Gasteiger partial charge >= 0.3 is 0 Å². The molecule has 0 aliphatic carbocycles. The molecule has 2 rings (SSSR count). The predicted octanol–water partition coefficient (Wildman–Crippen LogP) is 3.12. The first-order chi connectivity index (χ1) is 7.70. The predicted molar refractivity (Wildman–Crippen MR) is 67.4 cm³/mol. The van der Waals surface area contributed by atoms with Crippen molar-refractivity contribution < 1.29 is 5.11 Å². The maximum Gasteiger partial charge on any atom is 0.116 e. The van der Waals surface area contributed by atoms with Crippen LogP contribution in [-0.4, -0.2) is 5.11 Å². The van der Waals surface area contributed by atoms with Gasteiger partial charge in [0.2, 0.25) is 0 Å². The van der Waals surface area contributed by atoms with Crippen LogP contribution in [0.1, 0.15) is 18.0 Å². The van der Waals surface area contributed by atoms with Crippen molar-refractivity contribution in [2.24, 2.45) is 5.73 Å². The Labute approximate surface area is 95.0 Å². The molecule has 0 aliphatic rings. The molecule has 2 nitrogen and oxygen atoms in total. The highest BCUT2D eigenvalue weighted by Gasteiger charge is 2.04. The van der Waals surface area contributed by atoms with E-state index in [0.29, 0.717) is 0 Å². The molecular formula is C14H15NO. The molecular weight excluding hydrogens is 198 g/mol. The number of fused-ring (bicyclic) bond motifs is 1. The maximum atomic E-state index is 9.36. The molecule has 2 aromatic rings. The van der Waals surface area contributed by atoms with E-state index in [2.05, 4.69) is 12.6 Å². The van der Waals surface area contributed by atoms with E-state index in [1.54, 1.807) is 12.1 Å². The summed E-state index contributed by atoms with van der Waals surface area (Å²) in [7, 11) is 0.